The highest BCUT2D eigenvalue weighted by Gasteiger charge is 2.47. The number of ketones is 1. The largest absolute Gasteiger partial charge is 0.462 e. The Bertz CT molecular complexity index is 988. The monoisotopic (exact) mass is 425 g/mol. The molecule has 0 fully saturated rings. The number of nitrogens with zero attached hydrogens (tertiary/aromatic N) is 1. The van der Waals surface area contributed by atoms with Gasteiger partial charge in [-0.3, -0.25) is 14.4 Å². The van der Waals surface area contributed by atoms with Crippen LogP contribution in [0.2, 0.25) is 0 Å². The minimum Gasteiger partial charge on any atom is -0.462 e. The van der Waals surface area contributed by atoms with E-state index in [1.807, 2.05) is 19.9 Å². The maximum Gasteiger partial charge on any atom is 0.340 e. The molecule has 164 valence electrons. The van der Waals surface area contributed by atoms with Crippen LogP contribution in [0.4, 0.5) is 0 Å². The molecule has 1 aromatic rings. The van der Waals surface area contributed by atoms with Gasteiger partial charge in [0, 0.05) is 32.3 Å². The predicted molar refractivity (Wildman–Crippen MR) is 112 cm³/mol. The van der Waals surface area contributed by atoms with Crippen molar-refractivity contribution in [3.8, 4) is 0 Å². The van der Waals surface area contributed by atoms with Crippen molar-refractivity contribution < 1.29 is 28.7 Å². The van der Waals surface area contributed by atoms with Crippen LogP contribution in [0.1, 0.15) is 58.9 Å². The highest BCUT2D eigenvalue weighted by Crippen LogP contribution is 2.49. The fourth-order valence-corrected chi connectivity index (χ4v) is 4.20. The Morgan fingerprint density at radius 3 is 2.26 bits per heavy atom. The van der Waals surface area contributed by atoms with E-state index in [1.54, 1.807) is 31.2 Å². The second-order valence-corrected chi connectivity index (χ2v) is 8.54. The summed E-state index contributed by atoms with van der Waals surface area (Å²) in [5, 5.41) is 0. The van der Waals surface area contributed by atoms with E-state index in [0.29, 0.717) is 29.7 Å². The van der Waals surface area contributed by atoms with Crippen LogP contribution in [0, 0.1) is 5.41 Å². The average Bonchev–Trinajstić information content (AvgIpc) is 2.66. The third-order valence-corrected chi connectivity index (χ3v) is 5.37. The summed E-state index contributed by atoms with van der Waals surface area (Å²) in [7, 11) is 0. The van der Waals surface area contributed by atoms with Crippen LogP contribution in [0.15, 0.2) is 53.1 Å². The molecule has 2 aliphatic rings. The molecule has 1 aliphatic heterocycles. The van der Waals surface area contributed by atoms with Gasteiger partial charge in [0.25, 0.3) is 0 Å². The van der Waals surface area contributed by atoms with E-state index in [0.717, 1.165) is 4.90 Å². The third-order valence-electron chi connectivity index (χ3n) is 5.37. The number of carbonyl (C=O) groups is 4. The Hall–Kier alpha value is -3.22. The number of carbonyl (C=O) groups excluding carboxylic acids is 4. The summed E-state index contributed by atoms with van der Waals surface area (Å²) in [4.78, 5) is 51.9. The van der Waals surface area contributed by atoms with E-state index in [9.17, 15) is 19.2 Å². The fraction of sp³-hybridized carbons (Fsp3) is 0.417. The molecule has 7 heteroatoms. The maximum absolute atomic E-state index is 13.2. The second kappa shape index (κ2) is 8.49. The minimum absolute atomic E-state index is 0.0229. The number of esters is 1. The van der Waals surface area contributed by atoms with Crippen molar-refractivity contribution in [3.05, 3.63) is 58.7 Å². The van der Waals surface area contributed by atoms with Crippen molar-refractivity contribution in [3.63, 3.8) is 0 Å². The van der Waals surface area contributed by atoms with Crippen LogP contribution in [0.25, 0.3) is 0 Å². The van der Waals surface area contributed by atoms with Crippen molar-refractivity contribution in [1.82, 2.24) is 4.90 Å². The van der Waals surface area contributed by atoms with Gasteiger partial charge in [-0.25, -0.2) is 9.69 Å². The van der Waals surface area contributed by atoms with Crippen LogP contribution < -0.4 is 0 Å². The Balaban J connectivity index is 2.33. The van der Waals surface area contributed by atoms with Gasteiger partial charge in [-0.05, 0) is 17.9 Å². The number of Topliss-reactive ketones (excluding diaryl/α,β-unsaturated/α-hetero) is 1. The number of amides is 2. The third kappa shape index (κ3) is 4.31. The SMILES string of the molecule is CCOC(=O)C1=C(N(C(C)=O)C(C)=O)OC2=C(C(=O)CC(C)(C)C2)C1c1ccccc1. The van der Waals surface area contributed by atoms with Gasteiger partial charge in [0.05, 0.1) is 12.5 Å². The number of imide groups is 1. The minimum atomic E-state index is -0.802. The first kappa shape index (κ1) is 22.5. The molecule has 0 radical (unpaired) electrons. The van der Waals surface area contributed by atoms with Gasteiger partial charge in [-0.15, -0.1) is 0 Å². The second-order valence-electron chi connectivity index (χ2n) is 8.54. The van der Waals surface area contributed by atoms with Crippen molar-refractivity contribution in [1.29, 1.82) is 0 Å². The number of hydrogen-bond acceptors (Lipinski definition) is 6. The summed E-state index contributed by atoms with van der Waals surface area (Å²) in [6, 6.07) is 9.04. The van der Waals surface area contributed by atoms with E-state index in [4.69, 9.17) is 9.47 Å². The van der Waals surface area contributed by atoms with Crippen LogP contribution in [0.5, 0.6) is 0 Å². The van der Waals surface area contributed by atoms with E-state index in [2.05, 4.69) is 0 Å². The summed E-state index contributed by atoms with van der Waals surface area (Å²) >= 11 is 0. The Morgan fingerprint density at radius 2 is 1.71 bits per heavy atom. The molecule has 2 amide bonds. The zero-order valence-electron chi connectivity index (χ0n) is 18.5. The van der Waals surface area contributed by atoms with Gasteiger partial charge in [-0.1, -0.05) is 44.2 Å². The Kier molecular flexibility index (Phi) is 6.15. The number of benzene rings is 1. The Labute approximate surface area is 181 Å². The lowest BCUT2D eigenvalue weighted by molar-refractivity contribution is -0.143. The molecule has 0 N–H and O–H groups in total. The van der Waals surface area contributed by atoms with Gasteiger partial charge >= 0.3 is 5.97 Å². The topological polar surface area (TPSA) is 90.0 Å². The molecule has 0 saturated heterocycles. The van der Waals surface area contributed by atoms with Crippen molar-refractivity contribution in [2.45, 2.75) is 53.4 Å². The number of ether oxygens (including phenoxy) is 2. The van der Waals surface area contributed by atoms with Gasteiger partial charge in [0.1, 0.15) is 11.3 Å². The lowest BCUT2D eigenvalue weighted by Crippen LogP contribution is -2.41. The fourth-order valence-electron chi connectivity index (χ4n) is 4.20. The summed E-state index contributed by atoms with van der Waals surface area (Å²) in [6.45, 7) is 8.09. The van der Waals surface area contributed by atoms with Crippen LogP contribution in [-0.2, 0) is 28.7 Å². The highest BCUT2D eigenvalue weighted by molar-refractivity contribution is 6.05. The molecule has 3 rings (SSSR count). The lowest BCUT2D eigenvalue weighted by Gasteiger charge is -2.40. The zero-order valence-corrected chi connectivity index (χ0v) is 18.5. The highest BCUT2D eigenvalue weighted by atomic mass is 16.5. The van der Waals surface area contributed by atoms with E-state index < -0.39 is 23.7 Å². The van der Waals surface area contributed by atoms with Crippen LogP contribution in [0.3, 0.4) is 0 Å². The van der Waals surface area contributed by atoms with E-state index in [-0.39, 0.29) is 29.3 Å². The summed E-state index contributed by atoms with van der Waals surface area (Å²) in [5.41, 5.74) is 0.676. The first-order valence-electron chi connectivity index (χ1n) is 10.3. The first-order chi connectivity index (χ1) is 14.6. The Morgan fingerprint density at radius 1 is 1.10 bits per heavy atom. The first-order valence-corrected chi connectivity index (χ1v) is 10.3. The van der Waals surface area contributed by atoms with Crippen molar-refractivity contribution in [2.24, 2.45) is 5.41 Å². The van der Waals surface area contributed by atoms with Crippen molar-refractivity contribution >= 4 is 23.6 Å². The average molecular weight is 425 g/mol. The summed E-state index contributed by atoms with van der Waals surface area (Å²) in [6.07, 6.45) is 0.730. The normalized spacial score (nSPS) is 20.0. The van der Waals surface area contributed by atoms with Gasteiger partial charge in [-0.2, -0.15) is 0 Å². The summed E-state index contributed by atoms with van der Waals surface area (Å²) < 4.78 is 11.3. The molecule has 31 heavy (non-hydrogen) atoms. The van der Waals surface area contributed by atoms with Crippen molar-refractivity contribution in [2.75, 3.05) is 6.61 Å². The number of allylic oxidation sites excluding steroid dienone is 2. The van der Waals surface area contributed by atoms with Gasteiger partial charge in [0.2, 0.25) is 17.7 Å². The van der Waals surface area contributed by atoms with Crippen LogP contribution >= 0.6 is 0 Å². The predicted octanol–water partition coefficient (Wildman–Crippen LogP) is 3.61. The molecule has 1 aromatic carbocycles. The van der Waals surface area contributed by atoms with Gasteiger partial charge < -0.3 is 9.47 Å². The molecule has 7 nitrogen and oxygen atoms in total. The standard InChI is InChI=1S/C24H27NO6/c1-6-30-23(29)21-19(16-10-8-7-9-11-16)20-17(28)12-24(4,5)13-18(20)31-22(21)25(14(2)26)15(3)27/h7-11,19H,6,12-13H2,1-5H3. The quantitative estimate of drug-likeness (QED) is 0.685. The molecule has 1 heterocycles. The molecule has 1 atom stereocenters. The molecule has 1 unspecified atom stereocenters. The molecule has 0 aromatic heterocycles. The lowest BCUT2D eigenvalue weighted by atomic mass is 9.70. The van der Waals surface area contributed by atoms with E-state index in [1.165, 1.54) is 13.8 Å². The number of rotatable bonds is 4. The molecular weight excluding hydrogens is 398 g/mol. The zero-order chi connectivity index (χ0) is 22.9. The molecule has 0 saturated carbocycles. The summed E-state index contributed by atoms with van der Waals surface area (Å²) in [5.74, 6) is -2.66. The van der Waals surface area contributed by atoms with Gasteiger partial charge in [0.15, 0.2) is 5.78 Å². The molecule has 1 aliphatic carbocycles. The molecule has 0 spiro atoms. The van der Waals surface area contributed by atoms with E-state index >= 15 is 0 Å². The van der Waals surface area contributed by atoms with Crippen LogP contribution in [-0.4, -0.2) is 35.1 Å². The smallest absolute Gasteiger partial charge is 0.340 e. The molecular formula is C24H27NO6. The maximum atomic E-state index is 13.2. The molecule has 0 bridgehead atoms. The number of hydrogen-bond donors (Lipinski definition) is 0.